The van der Waals surface area contributed by atoms with E-state index in [1.807, 2.05) is 0 Å². The van der Waals surface area contributed by atoms with Gasteiger partial charge in [-0.15, -0.1) is 0 Å². The normalized spacial score (nSPS) is 6.00. The average Bonchev–Trinajstić information content (AvgIpc) is 0.722. The quantitative estimate of drug-likeness (QED) is 0.319. The van der Waals surface area contributed by atoms with E-state index in [1.165, 1.54) is 0 Å². The molecule has 10 heteroatoms. The summed E-state index contributed by atoms with van der Waals surface area (Å²) < 4.78 is 0. The van der Waals surface area contributed by atoms with Gasteiger partial charge in [-0.2, -0.15) is 0 Å². The van der Waals surface area contributed by atoms with Gasteiger partial charge < -0.3 is 19.2 Å². The molecule has 0 fully saturated rings. The molecule has 10 heavy (non-hydrogen) atoms. The third-order valence-electron chi connectivity index (χ3n) is 0. The van der Waals surface area contributed by atoms with Crippen LogP contribution in [0.15, 0.2) is 0 Å². The molecule has 0 aromatic carbocycles. The van der Waals surface area contributed by atoms with E-state index in [-0.39, 0.29) is 185 Å². The molecule has 0 aliphatic heterocycles. The molecule has 0 saturated heterocycles. The van der Waals surface area contributed by atoms with Gasteiger partial charge in [0.1, 0.15) is 0 Å². The van der Waals surface area contributed by atoms with Gasteiger partial charge in [-0.25, -0.2) is 0 Å². The summed E-state index contributed by atoms with van der Waals surface area (Å²) in [5.41, 5.74) is 0. The molecule has 0 bridgehead atoms. The van der Waals surface area contributed by atoms with Gasteiger partial charge in [0, 0.05) is 0 Å². The molecule has 4 nitrogen and oxygen atoms in total. The van der Waals surface area contributed by atoms with Crippen molar-refractivity contribution in [2.45, 2.75) is 0 Å². The fourth-order valence-electron chi connectivity index (χ4n) is 0. The second kappa shape index (κ2) is 20.5. The van der Waals surface area contributed by atoms with Crippen LogP contribution in [0.2, 0.25) is 0 Å². The average molecular weight is 372 g/mol. The number of rotatable bonds is 0. The van der Waals surface area contributed by atoms with Crippen LogP contribution in [0.4, 0.5) is 0 Å². The molecule has 0 aromatic heterocycles. The molecule has 0 aromatic rings. The Morgan fingerprint density at radius 2 is 0.900 bits per heavy atom. The summed E-state index contributed by atoms with van der Waals surface area (Å²) in [7, 11) is -4.61. The molecular formula is H13AlBaCaKNaO4Si. The van der Waals surface area contributed by atoms with Crippen molar-refractivity contribution in [3.05, 3.63) is 0 Å². The molecule has 0 aliphatic carbocycles. The first-order chi connectivity index (χ1) is 2.00. The Hall–Kier alpha value is 6.06. The molecule has 0 radical (unpaired) electrons. The molecule has 0 heterocycles. The van der Waals surface area contributed by atoms with Crippen LogP contribution in [0, 0.1) is 0 Å². The van der Waals surface area contributed by atoms with Gasteiger partial charge in [0.05, 0.1) is 0 Å². The maximum absolute atomic E-state index is 7.33. The summed E-state index contributed by atoms with van der Waals surface area (Å²) in [6.45, 7) is 0. The van der Waals surface area contributed by atoms with Gasteiger partial charge in [0.25, 0.3) is 0 Å². The second-order valence-corrected chi connectivity index (χ2v) is 1.80. The third-order valence-corrected chi connectivity index (χ3v) is 0. The first kappa shape index (κ1) is 36.0. The molecule has 50 valence electrons. The SMILES string of the molecule is O[Si](O)(O)O.[AlH3].[BaH2].[CaH2].[KH].[NaH]. The Balaban J connectivity index is -0.00000000800. The Kier molecular flexibility index (Phi) is 73.7. The summed E-state index contributed by atoms with van der Waals surface area (Å²) in [4.78, 5) is 29.3. The van der Waals surface area contributed by atoms with Crippen LogP contribution in [-0.2, 0) is 0 Å². The van der Waals surface area contributed by atoms with Crippen LogP contribution in [0.1, 0.15) is 0 Å². The Morgan fingerprint density at radius 3 is 0.900 bits per heavy atom. The van der Waals surface area contributed by atoms with Gasteiger partial charge >= 0.3 is 177 Å². The van der Waals surface area contributed by atoms with Crippen molar-refractivity contribution in [3.8, 4) is 0 Å². The molecule has 0 unspecified atom stereocenters. The Morgan fingerprint density at radius 1 is 0.900 bits per heavy atom. The van der Waals surface area contributed by atoms with E-state index in [9.17, 15) is 0 Å². The third kappa shape index (κ3) is 65.3. The molecule has 4 N–H and O–H groups in total. The van der Waals surface area contributed by atoms with E-state index in [0.717, 1.165) is 0 Å². The van der Waals surface area contributed by atoms with Crippen LogP contribution in [0.3, 0.4) is 0 Å². The van der Waals surface area contributed by atoms with Crippen LogP contribution < -0.4 is 0 Å². The zero-order chi connectivity index (χ0) is 4.50. The minimum atomic E-state index is -4.61. The maximum atomic E-state index is 7.33. The van der Waals surface area contributed by atoms with Gasteiger partial charge in [0.15, 0.2) is 17.4 Å². The minimum absolute atomic E-state index is 0. The first-order valence-corrected chi connectivity index (χ1v) is 2.68. The van der Waals surface area contributed by atoms with Crippen LogP contribution in [0.25, 0.3) is 0 Å². The summed E-state index contributed by atoms with van der Waals surface area (Å²) in [5, 5.41) is 0. The second-order valence-electron chi connectivity index (χ2n) is 0.600. The molecule has 0 amide bonds. The number of hydrogen-bond acceptors (Lipinski definition) is 4. The summed E-state index contributed by atoms with van der Waals surface area (Å²) in [5.74, 6) is 0. The molecule has 0 saturated carbocycles. The van der Waals surface area contributed by atoms with Gasteiger partial charge in [-0.3, -0.25) is 0 Å². The summed E-state index contributed by atoms with van der Waals surface area (Å²) in [6.07, 6.45) is 0. The van der Waals surface area contributed by atoms with Crippen molar-refractivity contribution in [1.82, 2.24) is 0 Å². The van der Waals surface area contributed by atoms with Gasteiger partial charge in [-0.1, -0.05) is 0 Å². The van der Waals surface area contributed by atoms with Crippen molar-refractivity contribution < 1.29 is 19.2 Å². The van der Waals surface area contributed by atoms with E-state index < -0.39 is 9.05 Å². The molecule has 0 atom stereocenters. The fraction of sp³-hybridized carbons (Fsp3) is 0. The summed E-state index contributed by atoms with van der Waals surface area (Å²) in [6, 6.07) is 0. The fourth-order valence-corrected chi connectivity index (χ4v) is 0. The van der Waals surface area contributed by atoms with E-state index in [0.29, 0.717) is 0 Å². The van der Waals surface area contributed by atoms with Crippen molar-refractivity contribution >= 4 is 194 Å². The van der Waals surface area contributed by atoms with Crippen molar-refractivity contribution in [2.24, 2.45) is 0 Å². The Bertz CT molecular complexity index is 40.7. The molecule has 0 aliphatic rings. The first-order valence-electron chi connectivity index (χ1n) is 0.894. The zero-order valence-corrected chi connectivity index (χ0v) is 3.29. The predicted molar refractivity (Wildman–Crippen MR) is 56.0 cm³/mol. The standard InChI is InChI=1S/Al.Ba.Ca.K.Na.H4O4Si.9H/c;;;;;1-5(2,3)4;;;;;;;;;/h;;;;;1-4H;;;;;;;;;. The van der Waals surface area contributed by atoms with Gasteiger partial charge in [-0.05, 0) is 0 Å². The van der Waals surface area contributed by atoms with Gasteiger partial charge in [0.2, 0.25) is 0 Å². The molecule has 0 rings (SSSR count). The predicted octanol–water partition coefficient (Wildman–Crippen LogP) is -6.92. The summed E-state index contributed by atoms with van der Waals surface area (Å²) >= 11 is 0. The number of hydrogen-bond donors (Lipinski definition) is 4. The van der Waals surface area contributed by atoms with Crippen molar-refractivity contribution in [1.29, 1.82) is 0 Å². The zero-order valence-electron chi connectivity index (χ0n) is 2.29. The van der Waals surface area contributed by atoms with E-state index in [1.54, 1.807) is 0 Å². The molecule has 0 spiro atoms. The van der Waals surface area contributed by atoms with E-state index in [2.05, 4.69) is 0 Å². The molecular weight excluding hydrogens is 359 g/mol. The van der Waals surface area contributed by atoms with Crippen molar-refractivity contribution in [3.63, 3.8) is 0 Å². The van der Waals surface area contributed by atoms with Crippen LogP contribution in [0.5, 0.6) is 0 Å². The monoisotopic (exact) mass is 372 g/mol. The van der Waals surface area contributed by atoms with Crippen molar-refractivity contribution in [2.75, 3.05) is 0 Å². The van der Waals surface area contributed by atoms with Crippen LogP contribution >= 0.6 is 0 Å². The topological polar surface area (TPSA) is 80.9 Å². The van der Waals surface area contributed by atoms with E-state index in [4.69, 9.17) is 19.2 Å². The van der Waals surface area contributed by atoms with Crippen LogP contribution in [-0.4, -0.2) is 213 Å². The Labute approximate surface area is 206 Å². The van der Waals surface area contributed by atoms with E-state index >= 15 is 0 Å².